The number of nitrogens with zero attached hydrogens (tertiary/aromatic N) is 3. The first kappa shape index (κ1) is 10.6. The van der Waals surface area contributed by atoms with Crippen LogP contribution in [-0.2, 0) is 7.05 Å². The number of aromatic nitrogens is 3. The molecule has 2 N–H and O–H groups in total. The fraction of sp³-hybridized carbons (Fsp3) is 0.111. The maximum Gasteiger partial charge on any atom is 0.218 e. The van der Waals surface area contributed by atoms with Crippen molar-refractivity contribution in [3.63, 3.8) is 0 Å². The minimum atomic E-state index is 0.404. The summed E-state index contributed by atoms with van der Waals surface area (Å²) < 4.78 is 3.49. The highest BCUT2D eigenvalue weighted by molar-refractivity contribution is 9.11. The molecule has 0 radical (unpaired) electrons. The molecule has 0 spiro atoms. The van der Waals surface area contributed by atoms with Crippen LogP contribution < -0.4 is 5.73 Å². The summed E-state index contributed by atoms with van der Waals surface area (Å²) >= 11 is 6.82. The highest BCUT2D eigenvalue weighted by Gasteiger charge is 2.07. The van der Waals surface area contributed by atoms with Gasteiger partial charge in [-0.15, -0.1) is 5.10 Å². The third kappa shape index (κ3) is 2.21. The fourth-order valence-corrected chi connectivity index (χ4v) is 2.50. The van der Waals surface area contributed by atoms with Gasteiger partial charge in [0.25, 0.3) is 0 Å². The third-order valence-corrected chi connectivity index (χ3v) is 2.83. The van der Waals surface area contributed by atoms with Crippen LogP contribution in [0.4, 0.5) is 5.95 Å². The molecule has 0 fully saturated rings. The highest BCUT2D eigenvalue weighted by atomic mass is 79.9. The zero-order valence-corrected chi connectivity index (χ0v) is 11.1. The Morgan fingerprint density at radius 1 is 1.20 bits per heavy atom. The van der Waals surface area contributed by atoms with Gasteiger partial charge < -0.3 is 5.73 Å². The number of rotatable bonds is 1. The SMILES string of the molecule is Cn1nc(-c2cc(Br)cc(Br)c2)nc1N. The molecule has 0 aliphatic heterocycles. The molecule has 0 unspecified atom stereocenters. The lowest BCUT2D eigenvalue weighted by Gasteiger charge is -1.98. The zero-order valence-electron chi connectivity index (χ0n) is 7.91. The van der Waals surface area contributed by atoms with Crippen LogP contribution in [0.25, 0.3) is 11.4 Å². The zero-order chi connectivity index (χ0) is 11.0. The molecule has 0 aliphatic carbocycles. The summed E-state index contributed by atoms with van der Waals surface area (Å²) in [6, 6.07) is 5.84. The highest BCUT2D eigenvalue weighted by Crippen LogP contribution is 2.25. The lowest BCUT2D eigenvalue weighted by atomic mass is 10.2. The van der Waals surface area contributed by atoms with E-state index in [4.69, 9.17) is 5.73 Å². The van der Waals surface area contributed by atoms with Crippen molar-refractivity contribution in [2.75, 3.05) is 5.73 Å². The van der Waals surface area contributed by atoms with Crippen molar-refractivity contribution in [3.05, 3.63) is 27.1 Å². The lowest BCUT2D eigenvalue weighted by molar-refractivity contribution is 0.781. The van der Waals surface area contributed by atoms with Crippen LogP contribution in [0.2, 0.25) is 0 Å². The van der Waals surface area contributed by atoms with Gasteiger partial charge in [0.1, 0.15) is 0 Å². The van der Waals surface area contributed by atoms with E-state index in [1.54, 1.807) is 11.7 Å². The van der Waals surface area contributed by atoms with Gasteiger partial charge in [-0.25, -0.2) is 4.68 Å². The van der Waals surface area contributed by atoms with Crippen LogP contribution in [-0.4, -0.2) is 14.8 Å². The van der Waals surface area contributed by atoms with Gasteiger partial charge in [0.15, 0.2) is 5.82 Å². The van der Waals surface area contributed by atoms with Gasteiger partial charge >= 0.3 is 0 Å². The van der Waals surface area contributed by atoms with Gasteiger partial charge in [0.05, 0.1) is 0 Å². The maximum atomic E-state index is 5.62. The number of aryl methyl sites for hydroxylation is 1. The average molecular weight is 332 g/mol. The minimum Gasteiger partial charge on any atom is -0.368 e. The predicted octanol–water partition coefficient (Wildman–Crippen LogP) is 2.59. The Balaban J connectivity index is 2.53. The van der Waals surface area contributed by atoms with E-state index in [0.717, 1.165) is 14.5 Å². The van der Waals surface area contributed by atoms with Crippen molar-refractivity contribution in [2.45, 2.75) is 0 Å². The van der Waals surface area contributed by atoms with E-state index >= 15 is 0 Å². The lowest BCUT2D eigenvalue weighted by Crippen LogP contribution is -1.97. The average Bonchev–Trinajstić information content (AvgIpc) is 2.45. The quantitative estimate of drug-likeness (QED) is 0.873. The summed E-state index contributed by atoms with van der Waals surface area (Å²) in [5, 5.41) is 4.20. The first-order valence-corrected chi connectivity index (χ1v) is 5.78. The molecule has 78 valence electrons. The molecule has 0 amide bonds. The van der Waals surface area contributed by atoms with E-state index in [-0.39, 0.29) is 0 Å². The number of nitrogen functional groups attached to an aromatic ring is 1. The molecular weight excluding hydrogens is 324 g/mol. The van der Waals surface area contributed by atoms with Crippen molar-refractivity contribution in [3.8, 4) is 11.4 Å². The summed E-state index contributed by atoms with van der Waals surface area (Å²) in [6.07, 6.45) is 0. The molecule has 1 aromatic heterocycles. The summed E-state index contributed by atoms with van der Waals surface area (Å²) in [5.41, 5.74) is 6.54. The smallest absolute Gasteiger partial charge is 0.218 e. The number of hydrogen-bond donors (Lipinski definition) is 1. The van der Waals surface area contributed by atoms with E-state index in [9.17, 15) is 0 Å². The molecule has 15 heavy (non-hydrogen) atoms. The minimum absolute atomic E-state index is 0.404. The standard InChI is InChI=1S/C9H8Br2N4/c1-15-9(12)13-8(14-15)5-2-6(10)4-7(11)3-5/h2-4H,1H3,(H2,12,13,14). The van der Waals surface area contributed by atoms with Crippen molar-refractivity contribution < 1.29 is 0 Å². The number of hydrogen-bond acceptors (Lipinski definition) is 3. The molecule has 0 saturated carbocycles. The number of anilines is 1. The summed E-state index contributed by atoms with van der Waals surface area (Å²) in [6.45, 7) is 0. The van der Waals surface area contributed by atoms with Crippen molar-refractivity contribution in [2.24, 2.45) is 7.05 Å². The molecule has 0 bridgehead atoms. The third-order valence-electron chi connectivity index (χ3n) is 1.92. The summed E-state index contributed by atoms with van der Waals surface area (Å²) in [5.74, 6) is 1.03. The normalized spacial score (nSPS) is 10.6. The van der Waals surface area contributed by atoms with Gasteiger partial charge in [0, 0.05) is 21.6 Å². The van der Waals surface area contributed by atoms with Crippen molar-refractivity contribution >= 4 is 37.8 Å². The van der Waals surface area contributed by atoms with Gasteiger partial charge in [-0.2, -0.15) is 4.98 Å². The molecule has 1 aromatic carbocycles. The first-order valence-electron chi connectivity index (χ1n) is 4.19. The molecule has 2 rings (SSSR count). The molecule has 0 saturated heterocycles. The molecule has 1 heterocycles. The molecule has 0 aliphatic rings. The van der Waals surface area contributed by atoms with Crippen LogP contribution in [0.1, 0.15) is 0 Å². The Kier molecular flexibility index (Phi) is 2.79. The van der Waals surface area contributed by atoms with Gasteiger partial charge in [-0.1, -0.05) is 31.9 Å². The summed E-state index contributed by atoms with van der Waals surface area (Å²) in [7, 11) is 1.76. The molecule has 4 nitrogen and oxygen atoms in total. The van der Waals surface area contributed by atoms with E-state index in [1.807, 2.05) is 18.2 Å². The fourth-order valence-electron chi connectivity index (χ4n) is 1.20. The molecular formula is C9H8Br2N4. The van der Waals surface area contributed by atoms with Crippen LogP contribution in [0.5, 0.6) is 0 Å². The number of benzene rings is 1. The number of nitrogens with two attached hydrogens (primary N) is 1. The largest absolute Gasteiger partial charge is 0.368 e. The molecule has 6 heteroatoms. The second-order valence-corrected chi connectivity index (χ2v) is 4.91. The second-order valence-electron chi connectivity index (χ2n) is 3.08. The van der Waals surface area contributed by atoms with Crippen LogP contribution in [0, 0.1) is 0 Å². The predicted molar refractivity (Wildman–Crippen MR) is 66.3 cm³/mol. The van der Waals surface area contributed by atoms with Gasteiger partial charge in [0.2, 0.25) is 5.95 Å². The second kappa shape index (κ2) is 3.94. The maximum absolute atomic E-state index is 5.62. The van der Waals surface area contributed by atoms with E-state index < -0.39 is 0 Å². The molecule has 2 aromatic rings. The Bertz CT molecular complexity index is 467. The van der Waals surface area contributed by atoms with E-state index in [1.165, 1.54) is 0 Å². The van der Waals surface area contributed by atoms with Crippen LogP contribution in [0.3, 0.4) is 0 Å². The Labute approximate surface area is 104 Å². The van der Waals surface area contributed by atoms with Crippen LogP contribution >= 0.6 is 31.9 Å². The molecule has 0 atom stereocenters. The van der Waals surface area contributed by atoms with E-state index in [2.05, 4.69) is 41.9 Å². The van der Waals surface area contributed by atoms with Crippen molar-refractivity contribution in [1.29, 1.82) is 0 Å². The summed E-state index contributed by atoms with van der Waals surface area (Å²) in [4.78, 5) is 4.15. The van der Waals surface area contributed by atoms with Gasteiger partial charge in [-0.05, 0) is 18.2 Å². The van der Waals surface area contributed by atoms with Crippen LogP contribution in [0.15, 0.2) is 27.1 Å². The topological polar surface area (TPSA) is 56.7 Å². The number of halogens is 2. The first-order chi connectivity index (χ1) is 7.06. The Morgan fingerprint density at radius 2 is 1.80 bits per heavy atom. The van der Waals surface area contributed by atoms with E-state index in [0.29, 0.717) is 11.8 Å². The Morgan fingerprint density at radius 3 is 2.27 bits per heavy atom. The Hall–Kier alpha value is -0.880. The monoisotopic (exact) mass is 330 g/mol. The van der Waals surface area contributed by atoms with Crippen molar-refractivity contribution in [1.82, 2.24) is 14.8 Å². The van der Waals surface area contributed by atoms with Gasteiger partial charge in [-0.3, -0.25) is 0 Å².